The van der Waals surface area contributed by atoms with Crippen LogP contribution in [0.25, 0.3) is 17.0 Å². The van der Waals surface area contributed by atoms with E-state index in [1.807, 2.05) is 48.7 Å². The monoisotopic (exact) mass is 209 g/mol. The van der Waals surface area contributed by atoms with Gasteiger partial charge in [-0.3, -0.25) is 4.98 Å². The van der Waals surface area contributed by atoms with Gasteiger partial charge >= 0.3 is 0 Å². The molecule has 2 heterocycles. The Balaban J connectivity index is 2.31. The molecule has 1 aromatic heterocycles. The van der Waals surface area contributed by atoms with E-state index in [1.54, 1.807) is 0 Å². The van der Waals surface area contributed by atoms with Gasteiger partial charge in [0.25, 0.3) is 0 Å². The Kier molecular flexibility index (Phi) is 2.18. The first-order valence-electron chi connectivity index (χ1n) is 5.29. The van der Waals surface area contributed by atoms with E-state index in [9.17, 15) is 0 Å². The highest BCUT2D eigenvalue weighted by Crippen LogP contribution is 2.28. The van der Waals surface area contributed by atoms with Crippen LogP contribution in [0, 0.1) is 0 Å². The molecule has 0 saturated heterocycles. The summed E-state index contributed by atoms with van der Waals surface area (Å²) in [4.78, 5) is 4.41. The molecule has 2 aromatic rings. The molecule has 0 spiro atoms. The third kappa shape index (κ3) is 1.48. The highest BCUT2D eigenvalue weighted by atomic mass is 16.5. The average Bonchev–Trinajstić information content (AvgIpc) is 2.29. The molecule has 0 bridgehead atoms. The minimum Gasteiger partial charge on any atom is -0.489 e. The first kappa shape index (κ1) is 9.16. The highest BCUT2D eigenvalue weighted by molar-refractivity contribution is 5.90. The van der Waals surface area contributed by atoms with Gasteiger partial charge in [-0.1, -0.05) is 18.2 Å². The van der Waals surface area contributed by atoms with Gasteiger partial charge in [-0.2, -0.15) is 0 Å². The standard InChI is InChI=1S/C14H11NO/c1-2-6-12-13(16-10-3-1)8-7-11-5-4-9-15-14(11)12/h1-9H,10H2/b3-1-,6-2-. The molecular weight excluding hydrogens is 198 g/mol. The summed E-state index contributed by atoms with van der Waals surface area (Å²) < 4.78 is 5.66. The van der Waals surface area contributed by atoms with Crippen LogP contribution in [0.2, 0.25) is 0 Å². The zero-order valence-corrected chi connectivity index (χ0v) is 8.76. The molecule has 0 unspecified atom stereocenters. The molecule has 0 radical (unpaired) electrons. The molecule has 0 fully saturated rings. The quantitative estimate of drug-likeness (QED) is 0.664. The van der Waals surface area contributed by atoms with E-state index < -0.39 is 0 Å². The van der Waals surface area contributed by atoms with Crippen molar-refractivity contribution in [3.63, 3.8) is 0 Å². The molecule has 0 aliphatic carbocycles. The van der Waals surface area contributed by atoms with Crippen LogP contribution < -0.4 is 4.74 Å². The van der Waals surface area contributed by atoms with Crippen LogP contribution >= 0.6 is 0 Å². The fraction of sp³-hybridized carbons (Fsp3) is 0.0714. The second-order valence-electron chi connectivity index (χ2n) is 3.65. The third-order valence-electron chi connectivity index (χ3n) is 2.62. The van der Waals surface area contributed by atoms with E-state index in [0.29, 0.717) is 6.61 Å². The summed E-state index contributed by atoms with van der Waals surface area (Å²) in [7, 11) is 0. The Labute approximate surface area is 93.9 Å². The fourth-order valence-electron chi connectivity index (χ4n) is 1.86. The van der Waals surface area contributed by atoms with Crippen LogP contribution in [0.15, 0.2) is 48.7 Å². The molecule has 1 aromatic carbocycles. The largest absolute Gasteiger partial charge is 0.489 e. The number of fused-ring (bicyclic) bond motifs is 3. The predicted octanol–water partition coefficient (Wildman–Crippen LogP) is 3.20. The number of pyridine rings is 1. The lowest BCUT2D eigenvalue weighted by Gasteiger charge is -2.11. The van der Waals surface area contributed by atoms with Crippen molar-refractivity contribution in [2.75, 3.05) is 6.61 Å². The summed E-state index contributed by atoms with van der Waals surface area (Å²) in [6, 6.07) is 8.05. The van der Waals surface area contributed by atoms with Crippen molar-refractivity contribution >= 4 is 17.0 Å². The van der Waals surface area contributed by atoms with Gasteiger partial charge in [0, 0.05) is 17.1 Å². The van der Waals surface area contributed by atoms with Gasteiger partial charge in [0.1, 0.15) is 12.4 Å². The van der Waals surface area contributed by atoms with Crippen LogP contribution in [-0.2, 0) is 0 Å². The summed E-state index contributed by atoms with van der Waals surface area (Å²) in [5.41, 5.74) is 2.05. The Morgan fingerprint density at radius 2 is 2.12 bits per heavy atom. The molecule has 2 heteroatoms. The van der Waals surface area contributed by atoms with E-state index in [2.05, 4.69) is 11.1 Å². The normalized spacial score (nSPS) is 18.0. The van der Waals surface area contributed by atoms with Gasteiger partial charge in [-0.25, -0.2) is 0 Å². The molecule has 1 aliphatic heterocycles. The van der Waals surface area contributed by atoms with Crippen molar-refractivity contribution in [1.82, 2.24) is 4.98 Å². The topological polar surface area (TPSA) is 22.1 Å². The summed E-state index contributed by atoms with van der Waals surface area (Å²) in [5.74, 6) is 0.895. The number of ether oxygens (including phenoxy) is 1. The smallest absolute Gasteiger partial charge is 0.129 e. The molecular formula is C14H11NO. The van der Waals surface area contributed by atoms with Gasteiger partial charge in [-0.05, 0) is 30.4 Å². The SMILES string of the molecule is C1=C\COc2ccc3cccnc3c2\C=C/1. The van der Waals surface area contributed by atoms with Gasteiger partial charge in [0.2, 0.25) is 0 Å². The second-order valence-corrected chi connectivity index (χ2v) is 3.65. The van der Waals surface area contributed by atoms with Crippen LogP contribution in [0.4, 0.5) is 0 Å². The maximum atomic E-state index is 5.66. The number of aromatic nitrogens is 1. The number of allylic oxidation sites excluding steroid dienone is 2. The van der Waals surface area contributed by atoms with Crippen molar-refractivity contribution in [2.45, 2.75) is 0 Å². The Morgan fingerprint density at radius 1 is 1.12 bits per heavy atom. The molecule has 0 N–H and O–H groups in total. The Bertz CT molecular complexity index is 584. The van der Waals surface area contributed by atoms with Crippen molar-refractivity contribution in [1.29, 1.82) is 0 Å². The Morgan fingerprint density at radius 3 is 3.12 bits per heavy atom. The van der Waals surface area contributed by atoms with Crippen molar-refractivity contribution in [3.8, 4) is 5.75 Å². The van der Waals surface area contributed by atoms with Crippen molar-refractivity contribution in [3.05, 3.63) is 54.3 Å². The van der Waals surface area contributed by atoms with Gasteiger partial charge in [0.15, 0.2) is 0 Å². The lowest BCUT2D eigenvalue weighted by atomic mass is 10.1. The van der Waals surface area contributed by atoms with Gasteiger partial charge in [-0.15, -0.1) is 0 Å². The number of hydrogen-bond donors (Lipinski definition) is 0. The van der Waals surface area contributed by atoms with Crippen LogP contribution in [0.5, 0.6) is 5.75 Å². The minimum absolute atomic E-state index is 0.607. The zero-order chi connectivity index (χ0) is 10.8. The molecule has 0 saturated carbocycles. The van der Waals surface area contributed by atoms with Crippen molar-refractivity contribution < 1.29 is 4.74 Å². The first-order valence-corrected chi connectivity index (χ1v) is 5.29. The zero-order valence-electron chi connectivity index (χ0n) is 8.76. The summed E-state index contributed by atoms with van der Waals surface area (Å²) >= 11 is 0. The molecule has 78 valence electrons. The molecule has 0 amide bonds. The lowest BCUT2D eigenvalue weighted by Crippen LogP contribution is -1.97. The van der Waals surface area contributed by atoms with E-state index in [1.165, 1.54) is 0 Å². The third-order valence-corrected chi connectivity index (χ3v) is 2.62. The maximum Gasteiger partial charge on any atom is 0.129 e. The maximum absolute atomic E-state index is 5.66. The summed E-state index contributed by atoms with van der Waals surface area (Å²) in [6.07, 6.45) is 9.85. The van der Waals surface area contributed by atoms with Gasteiger partial charge in [0.05, 0.1) is 5.52 Å². The number of benzene rings is 1. The molecule has 0 atom stereocenters. The second kappa shape index (κ2) is 3.81. The molecule has 2 nitrogen and oxygen atoms in total. The van der Waals surface area contributed by atoms with Gasteiger partial charge < -0.3 is 4.74 Å². The molecule has 3 rings (SSSR count). The van der Waals surface area contributed by atoms with E-state index >= 15 is 0 Å². The molecule has 1 aliphatic rings. The van der Waals surface area contributed by atoms with Crippen LogP contribution in [0.1, 0.15) is 5.56 Å². The minimum atomic E-state index is 0.607. The van der Waals surface area contributed by atoms with E-state index in [4.69, 9.17) is 4.74 Å². The van der Waals surface area contributed by atoms with Crippen LogP contribution in [-0.4, -0.2) is 11.6 Å². The molecule has 16 heavy (non-hydrogen) atoms. The van der Waals surface area contributed by atoms with Crippen LogP contribution in [0.3, 0.4) is 0 Å². The first-order chi connectivity index (χ1) is 7.95. The van der Waals surface area contributed by atoms with E-state index in [-0.39, 0.29) is 0 Å². The number of rotatable bonds is 0. The summed E-state index contributed by atoms with van der Waals surface area (Å²) in [5, 5.41) is 1.14. The summed E-state index contributed by atoms with van der Waals surface area (Å²) in [6.45, 7) is 0.607. The lowest BCUT2D eigenvalue weighted by molar-refractivity contribution is 0.362. The predicted molar refractivity (Wildman–Crippen MR) is 65.4 cm³/mol. The number of hydrogen-bond acceptors (Lipinski definition) is 2. The van der Waals surface area contributed by atoms with E-state index in [0.717, 1.165) is 22.2 Å². The average molecular weight is 209 g/mol. The highest BCUT2D eigenvalue weighted by Gasteiger charge is 2.07. The Hall–Kier alpha value is -2.09. The number of nitrogens with zero attached hydrogens (tertiary/aromatic N) is 1. The fourth-order valence-corrected chi connectivity index (χ4v) is 1.86. The van der Waals surface area contributed by atoms with Crippen molar-refractivity contribution in [2.24, 2.45) is 0 Å².